The highest BCUT2D eigenvalue weighted by Gasteiger charge is 2.13. The number of hydrogen-bond donors (Lipinski definition) is 1. The van der Waals surface area contributed by atoms with Crippen molar-refractivity contribution < 1.29 is 9.66 Å². The number of nitrogens with one attached hydrogen (secondary N) is 1. The molecule has 26 heavy (non-hydrogen) atoms. The van der Waals surface area contributed by atoms with Crippen molar-refractivity contribution in [2.75, 3.05) is 0 Å². The summed E-state index contributed by atoms with van der Waals surface area (Å²) in [4.78, 5) is 24.6. The summed E-state index contributed by atoms with van der Waals surface area (Å²) >= 11 is 0. The number of aromatic amines is 1. The third-order valence-electron chi connectivity index (χ3n) is 3.60. The lowest BCUT2D eigenvalue weighted by Gasteiger charge is -2.08. The van der Waals surface area contributed by atoms with Crippen LogP contribution in [0.15, 0.2) is 47.4 Å². The number of nitriles is 1. The van der Waals surface area contributed by atoms with Crippen LogP contribution in [0.5, 0.6) is 5.75 Å². The molecule has 3 rings (SSSR count). The van der Waals surface area contributed by atoms with Gasteiger partial charge in [0, 0.05) is 11.3 Å². The van der Waals surface area contributed by atoms with Crippen molar-refractivity contribution in [3.05, 3.63) is 74.3 Å². The van der Waals surface area contributed by atoms with E-state index in [0.29, 0.717) is 22.6 Å². The molecule has 0 fully saturated rings. The van der Waals surface area contributed by atoms with Gasteiger partial charge in [-0.2, -0.15) is 5.26 Å². The highest BCUT2D eigenvalue weighted by atomic mass is 16.6. The van der Waals surface area contributed by atoms with E-state index in [1.54, 1.807) is 37.3 Å². The largest absolute Gasteiger partial charge is 0.469 e. The fraction of sp³-hybridized carbons (Fsp3) is 0.118. The second kappa shape index (κ2) is 6.90. The maximum absolute atomic E-state index is 11.9. The van der Waals surface area contributed by atoms with Gasteiger partial charge in [-0.05, 0) is 35.6 Å². The number of nitro groups is 1. The lowest BCUT2D eigenvalue weighted by molar-refractivity contribution is -0.389. The zero-order chi connectivity index (χ0) is 18.7. The monoisotopic (exact) mass is 351 g/mol. The summed E-state index contributed by atoms with van der Waals surface area (Å²) in [6.45, 7) is 1.72. The van der Waals surface area contributed by atoms with Crippen molar-refractivity contribution in [2.45, 2.75) is 13.7 Å². The van der Waals surface area contributed by atoms with E-state index in [-0.39, 0.29) is 18.1 Å². The molecule has 0 aliphatic carbocycles. The first-order valence-electron chi connectivity index (χ1n) is 7.53. The quantitative estimate of drug-likeness (QED) is 0.555. The van der Waals surface area contributed by atoms with E-state index in [2.05, 4.69) is 10.1 Å². The van der Waals surface area contributed by atoms with Crippen LogP contribution in [0.1, 0.15) is 11.3 Å². The number of benzene rings is 1. The Hall–Kier alpha value is -3.93. The Morgan fingerprint density at radius 1 is 1.38 bits per heavy atom. The lowest BCUT2D eigenvalue weighted by atomic mass is 10.0. The van der Waals surface area contributed by atoms with Crippen LogP contribution in [0.3, 0.4) is 0 Å². The zero-order valence-corrected chi connectivity index (χ0v) is 13.7. The predicted molar refractivity (Wildman–Crippen MR) is 91.5 cm³/mol. The van der Waals surface area contributed by atoms with Crippen molar-refractivity contribution >= 4 is 5.82 Å². The van der Waals surface area contributed by atoms with E-state index in [9.17, 15) is 20.2 Å². The molecule has 0 aliphatic heterocycles. The van der Waals surface area contributed by atoms with Crippen LogP contribution in [0.4, 0.5) is 5.82 Å². The summed E-state index contributed by atoms with van der Waals surface area (Å²) < 4.78 is 6.88. The van der Waals surface area contributed by atoms with Gasteiger partial charge in [-0.3, -0.25) is 4.79 Å². The van der Waals surface area contributed by atoms with Crippen molar-refractivity contribution in [1.29, 1.82) is 5.26 Å². The maximum atomic E-state index is 11.9. The van der Waals surface area contributed by atoms with Gasteiger partial charge >= 0.3 is 5.82 Å². The van der Waals surface area contributed by atoms with Gasteiger partial charge in [-0.15, -0.1) is 4.68 Å². The SMILES string of the molecule is Cc1cc(-c2cccc(OCn3ccc([N+](=O)[O-])n3)c2)c(C#N)c(=O)[nH]1. The van der Waals surface area contributed by atoms with Gasteiger partial charge in [0.25, 0.3) is 5.56 Å². The van der Waals surface area contributed by atoms with Crippen LogP contribution < -0.4 is 10.3 Å². The topological polar surface area (TPSA) is 127 Å². The highest BCUT2D eigenvalue weighted by Crippen LogP contribution is 2.26. The molecule has 0 bridgehead atoms. The maximum Gasteiger partial charge on any atom is 0.390 e. The molecule has 9 nitrogen and oxygen atoms in total. The summed E-state index contributed by atoms with van der Waals surface area (Å²) in [6.07, 6.45) is 1.44. The van der Waals surface area contributed by atoms with Gasteiger partial charge in [-0.25, -0.2) is 0 Å². The number of nitrogens with zero attached hydrogens (tertiary/aromatic N) is 4. The van der Waals surface area contributed by atoms with Gasteiger partial charge in [0.15, 0.2) is 0 Å². The van der Waals surface area contributed by atoms with Gasteiger partial charge in [0.2, 0.25) is 6.73 Å². The van der Waals surface area contributed by atoms with Crippen LogP contribution in [-0.4, -0.2) is 19.7 Å². The van der Waals surface area contributed by atoms with E-state index in [1.165, 1.54) is 16.9 Å². The summed E-state index contributed by atoms with van der Waals surface area (Å²) in [7, 11) is 0. The van der Waals surface area contributed by atoms with E-state index < -0.39 is 10.5 Å². The minimum Gasteiger partial charge on any atom is -0.469 e. The Labute approximate surface area is 147 Å². The fourth-order valence-corrected chi connectivity index (χ4v) is 2.44. The second-order valence-electron chi connectivity index (χ2n) is 5.45. The molecule has 0 aliphatic rings. The Morgan fingerprint density at radius 3 is 2.88 bits per heavy atom. The average Bonchev–Trinajstić information content (AvgIpc) is 3.09. The summed E-state index contributed by atoms with van der Waals surface area (Å²) in [6, 6.07) is 11.8. The third kappa shape index (κ3) is 3.44. The predicted octanol–water partition coefficient (Wildman–Crippen LogP) is 2.36. The van der Waals surface area contributed by atoms with Crippen LogP contribution in [0.2, 0.25) is 0 Å². The number of hydrogen-bond acceptors (Lipinski definition) is 6. The summed E-state index contributed by atoms with van der Waals surface area (Å²) in [5.74, 6) is 0.211. The molecular formula is C17H13N5O4. The zero-order valence-electron chi connectivity index (χ0n) is 13.7. The first-order chi connectivity index (χ1) is 12.5. The fourth-order valence-electron chi connectivity index (χ4n) is 2.44. The van der Waals surface area contributed by atoms with Gasteiger partial charge in [0.1, 0.15) is 17.4 Å². The van der Waals surface area contributed by atoms with Crippen LogP contribution in [-0.2, 0) is 6.73 Å². The first-order valence-corrected chi connectivity index (χ1v) is 7.53. The molecule has 0 radical (unpaired) electrons. The number of aryl methyl sites for hydroxylation is 1. The Bertz CT molecular complexity index is 1080. The number of pyridine rings is 1. The molecule has 2 heterocycles. The number of aromatic nitrogens is 3. The lowest BCUT2D eigenvalue weighted by Crippen LogP contribution is -2.12. The van der Waals surface area contributed by atoms with Crippen LogP contribution >= 0.6 is 0 Å². The average molecular weight is 351 g/mol. The molecule has 130 valence electrons. The van der Waals surface area contributed by atoms with Gasteiger partial charge in [0.05, 0.1) is 17.4 Å². The smallest absolute Gasteiger partial charge is 0.390 e. The molecule has 0 unspecified atom stereocenters. The molecule has 9 heteroatoms. The van der Waals surface area contributed by atoms with Crippen molar-refractivity contribution in [1.82, 2.24) is 14.8 Å². The van der Waals surface area contributed by atoms with E-state index in [1.807, 2.05) is 6.07 Å². The molecule has 0 amide bonds. The van der Waals surface area contributed by atoms with Crippen molar-refractivity contribution in [2.24, 2.45) is 0 Å². The van der Waals surface area contributed by atoms with Crippen LogP contribution in [0.25, 0.3) is 11.1 Å². The van der Waals surface area contributed by atoms with Crippen molar-refractivity contribution in [3.8, 4) is 22.9 Å². The van der Waals surface area contributed by atoms with E-state index in [0.717, 1.165) is 0 Å². The Morgan fingerprint density at radius 2 is 2.19 bits per heavy atom. The molecule has 3 aromatic rings. The van der Waals surface area contributed by atoms with Crippen LogP contribution in [0, 0.1) is 28.4 Å². The Balaban J connectivity index is 1.86. The molecule has 2 aromatic heterocycles. The number of ether oxygens (including phenoxy) is 1. The second-order valence-corrected chi connectivity index (χ2v) is 5.45. The normalized spacial score (nSPS) is 10.3. The molecule has 0 saturated carbocycles. The van der Waals surface area contributed by atoms with Gasteiger partial charge in [-0.1, -0.05) is 12.1 Å². The standard InChI is InChI=1S/C17H13N5O4/c1-11-7-14(15(9-18)17(23)19-11)12-3-2-4-13(8-12)26-10-21-6-5-16(20-21)22(24)25/h2-8H,10H2,1H3,(H,19,23). The minimum absolute atomic E-state index is 0.0171. The van der Waals surface area contributed by atoms with E-state index in [4.69, 9.17) is 4.74 Å². The molecule has 1 aromatic carbocycles. The van der Waals surface area contributed by atoms with E-state index >= 15 is 0 Å². The summed E-state index contributed by atoms with van der Waals surface area (Å²) in [5.41, 5.74) is 1.38. The molecule has 0 saturated heterocycles. The molecule has 0 atom stereocenters. The molecular weight excluding hydrogens is 338 g/mol. The third-order valence-corrected chi connectivity index (χ3v) is 3.60. The first kappa shape index (κ1) is 16.9. The van der Waals surface area contributed by atoms with Gasteiger partial charge < -0.3 is 19.8 Å². The summed E-state index contributed by atoms with van der Waals surface area (Å²) in [5, 5.41) is 23.7. The Kier molecular flexibility index (Phi) is 4.49. The minimum atomic E-state index is -0.587. The molecule has 1 N–H and O–H groups in total. The number of rotatable bonds is 5. The number of H-pyrrole nitrogens is 1. The molecule has 0 spiro atoms. The highest BCUT2D eigenvalue weighted by molar-refractivity contribution is 5.71. The van der Waals surface area contributed by atoms with Crippen molar-refractivity contribution in [3.63, 3.8) is 0 Å².